The van der Waals surface area contributed by atoms with Crippen LogP contribution in [0.4, 0.5) is 10.1 Å². The Hall–Kier alpha value is -3.91. The maximum Gasteiger partial charge on any atom is 0.265 e. The lowest BCUT2D eigenvalue weighted by atomic mass is 10.1. The molecular formula is C27H24ClFN2O5. The number of hydrogen-bond donors (Lipinski definition) is 1. The first-order chi connectivity index (χ1) is 17.4. The summed E-state index contributed by atoms with van der Waals surface area (Å²) in [6.45, 7) is 0.241. The third-order valence-corrected chi connectivity index (χ3v) is 5.92. The van der Waals surface area contributed by atoms with Crippen LogP contribution in [0.15, 0.2) is 66.7 Å². The molecule has 0 spiro atoms. The van der Waals surface area contributed by atoms with E-state index in [0.29, 0.717) is 40.7 Å². The van der Waals surface area contributed by atoms with E-state index in [1.54, 1.807) is 54.6 Å². The van der Waals surface area contributed by atoms with Crippen LogP contribution in [-0.4, -0.2) is 37.4 Å². The number of carbonyl (C=O) groups is 3. The summed E-state index contributed by atoms with van der Waals surface area (Å²) in [5.41, 5.74) is 1.63. The predicted molar refractivity (Wildman–Crippen MR) is 133 cm³/mol. The Labute approximate surface area is 212 Å². The van der Waals surface area contributed by atoms with Crippen LogP contribution in [0.2, 0.25) is 5.02 Å². The Morgan fingerprint density at radius 1 is 1.08 bits per heavy atom. The molecule has 36 heavy (non-hydrogen) atoms. The maximum absolute atomic E-state index is 13.0. The number of hydrogen-bond acceptors (Lipinski definition) is 5. The van der Waals surface area contributed by atoms with Gasteiger partial charge in [0.25, 0.3) is 5.91 Å². The van der Waals surface area contributed by atoms with Gasteiger partial charge in [-0.3, -0.25) is 14.4 Å². The number of halogens is 2. The highest BCUT2D eigenvalue weighted by molar-refractivity contribution is 6.32. The van der Waals surface area contributed by atoms with E-state index in [4.69, 9.17) is 21.1 Å². The van der Waals surface area contributed by atoms with Crippen molar-refractivity contribution in [3.63, 3.8) is 0 Å². The molecule has 186 valence electrons. The third-order valence-electron chi connectivity index (χ3n) is 5.61. The third kappa shape index (κ3) is 6.40. The van der Waals surface area contributed by atoms with Gasteiger partial charge in [0.1, 0.15) is 17.3 Å². The molecule has 0 saturated carbocycles. The Morgan fingerprint density at radius 2 is 1.86 bits per heavy atom. The van der Waals surface area contributed by atoms with Crippen LogP contribution in [-0.2, 0) is 16.1 Å². The van der Waals surface area contributed by atoms with E-state index in [9.17, 15) is 18.8 Å². The number of benzene rings is 3. The van der Waals surface area contributed by atoms with Crippen LogP contribution in [0.5, 0.6) is 11.5 Å². The summed E-state index contributed by atoms with van der Waals surface area (Å²) in [5.74, 6) is -0.163. The summed E-state index contributed by atoms with van der Waals surface area (Å²) in [7, 11) is 0. The van der Waals surface area contributed by atoms with Crippen molar-refractivity contribution >= 4 is 34.9 Å². The molecule has 0 saturated heterocycles. The van der Waals surface area contributed by atoms with Gasteiger partial charge in [0, 0.05) is 25.1 Å². The van der Waals surface area contributed by atoms with E-state index in [0.717, 1.165) is 5.56 Å². The predicted octanol–water partition coefficient (Wildman–Crippen LogP) is 4.56. The standard InChI is InChI=1S/C27H24ClFN2O5/c28-21-4-1-2-5-24(21)35-16-23(32)19-9-12-25-22(14-19)31(27(34)17-36-25)13-3-6-26(33)30-15-18-7-10-20(29)11-8-18/h1-2,4-5,7-12,14H,3,6,13,15-17H2,(H,30,33). The van der Waals surface area contributed by atoms with Crippen LogP contribution in [0, 0.1) is 5.82 Å². The van der Waals surface area contributed by atoms with Gasteiger partial charge in [-0.25, -0.2) is 4.39 Å². The molecule has 2 amide bonds. The quantitative estimate of drug-likeness (QED) is 0.404. The molecule has 1 N–H and O–H groups in total. The van der Waals surface area contributed by atoms with Crippen molar-refractivity contribution in [2.24, 2.45) is 0 Å². The van der Waals surface area contributed by atoms with Gasteiger partial charge in [0.15, 0.2) is 19.0 Å². The zero-order chi connectivity index (χ0) is 25.5. The van der Waals surface area contributed by atoms with Gasteiger partial charge in [-0.15, -0.1) is 0 Å². The topological polar surface area (TPSA) is 84.9 Å². The van der Waals surface area contributed by atoms with E-state index >= 15 is 0 Å². The summed E-state index contributed by atoms with van der Waals surface area (Å²) in [5, 5.41) is 3.19. The van der Waals surface area contributed by atoms with Gasteiger partial charge in [-0.05, 0) is 54.4 Å². The van der Waals surface area contributed by atoms with E-state index in [1.165, 1.54) is 17.0 Å². The lowest BCUT2D eigenvalue weighted by Gasteiger charge is -2.29. The summed E-state index contributed by atoms with van der Waals surface area (Å²) in [6.07, 6.45) is 0.611. The number of nitrogens with one attached hydrogen (secondary N) is 1. The molecule has 1 heterocycles. The Kier molecular flexibility index (Phi) is 8.17. The largest absolute Gasteiger partial charge is 0.484 e. The maximum atomic E-state index is 13.0. The molecule has 0 aliphatic carbocycles. The lowest BCUT2D eigenvalue weighted by Crippen LogP contribution is -2.40. The van der Waals surface area contributed by atoms with Crippen LogP contribution >= 0.6 is 11.6 Å². The van der Waals surface area contributed by atoms with Crippen LogP contribution < -0.4 is 19.7 Å². The second kappa shape index (κ2) is 11.7. The molecule has 0 radical (unpaired) electrons. The summed E-state index contributed by atoms with van der Waals surface area (Å²) in [6, 6.07) is 17.6. The highest BCUT2D eigenvalue weighted by Crippen LogP contribution is 2.33. The number of amides is 2. The number of carbonyl (C=O) groups excluding carboxylic acids is 3. The Balaban J connectivity index is 1.34. The van der Waals surface area contributed by atoms with Crippen molar-refractivity contribution in [2.45, 2.75) is 19.4 Å². The first-order valence-electron chi connectivity index (χ1n) is 11.4. The molecule has 0 aromatic heterocycles. The van der Waals surface area contributed by atoms with Crippen LogP contribution in [0.25, 0.3) is 0 Å². The molecule has 1 aliphatic heterocycles. The molecular weight excluding hydrogens is 487 g/mol. The number of fused-ring (bicyclic) bond motifs is 1. The van der Waals surface area contributed by atoms with Crippen LogP contribution in [0.3, 0.4) is 0 Å². The smallest absolute Gasteiger partial charge is 0.265 e. The minimum Gasteiger partial charge on any atom is -0.484 e. The Morgan fingerprint density at radius 3 is 2.64 bits per heavy atom. The monoisotopic (exact) mass is 510 g/mol. The van der Waals surface area contributed by atoms with Crippen molar-refractivity contribution in [1.82, 2.24) is 5.32 Å². The van der Waals surface area contributed by atoms with Crippen molar-refractivity contribution in [1.29, 1.82) is 0 Å². The molecule has 3 aromatic rings. The van der Waals surface area contributed by atoms with Crippen LogP contribution in [0.1, 0.15) is 28.8 Å². The minimum atomic E-state index is -0.335. The molecule has 0 fully saturated rings. The fourth-order valence-electron chi connectivity index (χ4n) is 3.70. The van der Waals surface area contributed by atoms with Gasteiger partial charge in [-0.2, -0.15) is 0 Å². The average molecular weight is 511 g/mol. The van der Waals surface area contributed by atoms with Gasteiger partial charge in [0.2, 0.25) is 5.91 Å². The molecule has 0 bridgehead atoms. The SMILES string of the molecule is O=C(CCCN1C(=O)COc2ccc(C(=O)COc3ccccc3Cl)cc21)NCc1ccc(F)cc1. The second-order valence-corrected chi connectivity index (χ2v) is 8.57. The number of Topliss-reactive ketones (excluding diaryl/α,β-unsaturated/α-hetero) is 1. The summed E-state index contributed by atoms with van der Waals surface area (Å²) < 4.78 is 24.1. The van der Waals surface area contributed by atoms with Gasteiger partial charge in [0.05, 0.1) is 10.7 Å². The van der Waals surface area contributed by atoms with Gasteiger partial charge in [-0.1, -0.05) is 35.9 Å². The van der Waals surface area contributed by atoms with Crippen molar-refractivity contribution < 1.29 is 28.2 Å². The van der Waals surface area contributed by atoms with Gasteiger partial charge < -0.3 is 19.7 Å². The number of nitrogens with zero attached hydrogens (tertiary/aromatic N) is 1. The lowest BCUT2D eigenvalue weighted by molar-refractivity contribution is -0.123. The van der Waals surface area contributed by atoms with E-state index in [2.05, 4.69) is 5.32 Å². The number of para-hydroxylation sites is 1. The molecule has 7 nitrogen and oxygen atoms in total. The highest BCUT2D eigenvalue weighted by atomic mass is 35.5. The summed E-state index contributed by atoms with van der Waals surface area (Å²) in [4.78, 5) is 39.0. The molecule has 0 unspecified atom stereocenters. The van der Waals surface area contributed by atoms with Crippen molar-refractivity contribution in [3.05, 3.63) is 88.7 Å². The number of rotatable bonds is 10. The Bertz CT molecular complexity index is 1270. The summed E-state index contributed by atoms with van der Waals surface area (Å²) >= 11 is 6.07. The fourth-order valence-corrected chi connectivity index (χ4v) is 3.89. The highest BCUT2D eigenvalue weighted by Gasteiger charge is 2.26. The van der Waals surface area contributed by atoms with E-state index in [1.807, 2.05) is 0 Å². The molecule has 3 aromatic carbocycles. The van der Waals surface area contributed by atoms with E-state index in [-0.39, 0.29) is 49.6 Å². The zero-order valence-electron chi connectivity index (χ0n) is 19.3. The van der Waals surface area contributed by atoms with Crippen molar-refractivity contribution in [2.75, 3.05) is 24.7 Å². The van der Waals surface area contributed by atoms with Crippen molar-refractivity contribution in [3.8, 4) is 11.5 Å². The normalized spacial score (nSPS) is 12.5. The van der Waals surface area contributed by atoms with Gasteiger partial charge >= 0.3 is 0 Å². The fraction of sp³-hybridized carbons (Fsp3) is 0.222. The minimum absolute atomic E-state index is 0.118. The molecule has 0 atom stereocenters. The number of anilines is 1. The van der Waals surface area contributed by atoms with E-state index < -0.39 is 0 Å². The number of ether oxygens (including phenoxy) is 2. The average Bonchev–Trinajstić information content (AvgIpc) is 2.88. The number of ketones is 1. The molecule has 9 heteroatoms. The first kappa shape index (κ1) is 25.2. The molecule has 1 aliphatic rings. The second-order valence-electron chi connectivity index (χ2n) is 8.17. The zero-order valence-corrected chi connectivity index (χ0v) is 20.1. The molecule has 4 rings (SSSR count). The first-order valence-corrected chi connectivity index (χ1v) is 11.8.